The van der Waals surface area contributed by atoms with Gasteiger partial charge in [-0.25, -0.2) is 8.78 Å². The van der Waals surface area contributed by atoms with Crippen molar-refractivity contribution in [1.82, 2.24) is 0 Å². The average Bonchev–Trinajstić information content (AvgIpc) is 2.19. The van der Waals surface area contributed by atoms with Crippen LogP contribution in [0.25, 0.3) is 0 Å². The molecule has 1 aliphatic rings. The Kier molecular flexibility index (Phi) is 4.05. The first-order valence-corrected chi connectivity index (χ1v) is 5.27. The standard InChI is InChI=1S/C11H18F2O/c1-2-6-10(14)11(12,13)9-7-4-3-5-8-9/h2,6,9-10,14H,3-5,7-8H2,1H3/t10-/m1/s1. The van der Waals surface area contributed by atoms with E-state index in [-0.39, 0.29) is 0 Å². The maximum Gasteiger partial charge on any atom is 0.279 e. The molecule has 0 aromatic carbocycles. The third-order valence-corrected chi connectivity index (χ3v) is 2.92. The number of rotatable bonds is 3. The van der Waals surface area contributed by atoms with Crippen LogP contribution in [0.15, 0.2) is 12.2 Å². The monoisotopic (exact) mass is 204 g/mol. The lowest BCUT2D eigenvalue weighted by atomic mass is 9.82. The third kappa shape index (κ3) is 2.53. The molecular weight excluding hydrogens is 186 g/mol. The molecule has 0 spiro atoms. The van der Waals surface area contributed by atoms with Crippen LogP contribution in [0.5, 0.6) is 0 Å². The summed E-state index contributed by atoms with van der Waals surface area (Å²) in [6.45, 7) is 1.64. The smallest absolute Gasteiger partial charge is 0.279 e. The molecule has 0 heterocycles. The SMILES string of the molecule is CC=C[C@@H](O)C(F)(F)C1CCCCC1. The molecule has 1 atom stereocenters. The summed E-state index contributed by atoms with van der Waals surface area (Å²) in [7, 11) is 0. The summed E-state index contributed by atoms with van der Waals surface area (Å²) in [5.74, 6) is -3.59. The molecule has 0 radical (unpaired) electrons. The summed E-state index contributed by atoms with van der Waals surface area (Å²) in [5.41, 5.74) is 0. The first kappa shape index (κ1) is 11.6. The van der Waals surface area contributed by atoms with Crippen molar-refractivity contribution < 1.29 is 13.9 Å². The second-order valence-corrected chi connectivity index (χ2v) is 3.98. The maximum absolute atomic E-state index is 13.6. The van der Waals surface area contributed by atoms with Crippen molar-refractivity contribution in [3.05, 3.63) is 12.2 Å². The van der Waals surface area contributed by atoms with Crippen molar-refractivity contribution >= 4 is 0 Å². The summed E-state index contributed by atoms with van der Waals surface area (Å²) in [4.78, 5) is 0. The number of alkyl halides is 2. The van der Waals surface area contributed by atoms with Crippen LogP contribution in [0.1, 0.15) is 39.0 Å². The molecule has 1 saturated carbocycles. The largest absolute Gasteiger partial charge is 0.383 e. The number of halogens is 2. The summed E-state index contributed by atoms with van der Waals surface area (Å²) in [6, 6.07) is 0. The van der Waals surface area contributed by atoms with Gasteiger partial charge < -0.3 is 5.11 Å². The molecule has 3 heteroatoms. The van der Waals surface area contributed by atoms with Gasteiger partial charge in [0.25, 0.3) is 5.92 Å². The molecule has 0 amide bonds. The zero-order valence-electron chi connectivity index (χ0n) is 8.55. The fourth-order valence-corrected chi connectivity index (χ4v) is 2.04. The molecule has 0 saturated heterocycles. The minimum atomic E-state index is -2.95. The number of allylic oxidation sites excluding steroid dienone is 1. The molecule has 0 aromatic heterocycles. The van der Waals surface area contributed by atoms with Crippen LogP contribution in [0.4, 0.5) is 8.78 Å². The molecule has 1 rings (SSSR count). The van der Waals surface area contributed by atoms with E-state index in [0.717, 1.165) is 19.3 Å². The number of aliphatic hydroxyl groups excluding tert-OH is 1. The van der Waals surface area contributed by atoms with Gasteiger partial charge in [-0.1, -0.05) is 31.4 Å². The van der Waals surface area contributed by atoms with Gasteiger partial charge in [-0.15, -0.1) is 0 Å². The van der Waals surface area contributed by atoms with Gasteiger partial charge in [0.2, 0.25) is 0 Å². The maximum atomic E-state index is 13.6. The Morgan fingerprint density at radius 1 is 1.29 bits per heavy atom. The predicted molar refractivity (Wildman–Crippen MR) is 52.3 cm³/mol. The second kappa shape index (κ2) is 4.87. The summed E-state index contributed by atoms with van der Waals surface area (Å²) in [6.07, 6.45) is 4.90. The highest BCUT2D eigenvalue weighted by molar-refractivity contribution is 4.97. The van der Waals surface area contributed by atoms with Crippen molar-refractivity contribution in [1.29, 1.82) is 0 Å². The van der Waals surface area contributed by atoms with E-state index in [1.807, 2.05) is 0 Å². The molecule has 1 fully saturated rings. The van der Waals surface area contributed by atoms with Crippen molar-refractivity contribution in [2.24, 2.45) is 5.92 Å². The quantitative estimate of drug-likeness (QED) is 0.700. The molecular formula is C11H18F2O. The van der Waals surface area contributed by atoms with Crippen LogP contribution in [0, 0.1) is 5.92 Å². The third-order valence-electron chi connectivity index (χ3n) is 2.92. The van der Waals surface area contributed by atoms with Gasteiger partial charge in [-0.05, 0) is 19.8 Å². The number of aliphatic hydroxyl groups is 1. The Hall–Kier alpha value is -0.440. The van der Waals surface area contributed by atoms with Crippen LogP contribution in [0.2, 0.25) is 0 Å². The van der Waals surface area contributed by atoms with E-state index in [1.165, 1.54) is 12.2 Å². The number of hydrogen-bond donors (Lipinski definition) is 1. The molecule has 1 N–H and O–H groups in total. The summed E-state index contributed by atoms with van der Waals surface area (Å²) >= 11 is 0. The van der Waals surface area contributed by atoms with Crippen LogP contribution in [-0.4, -0.2) is 17.1 Å². The molecule has 0 bridgehead atoms. The van der Waals surface area contributed by atoms with Crippen molar-refractivity contribution in [3.63, 3.8) is 0 Å². The first-order chi connectivity index (χ1) is 6.59. The predicted octanol–water partition coefficient (Wildman–Crippen LogP) is 3.14. The Balaban J connectivity index is 2.61. The molecule has 14 heavy (non-hydrogen) atoms. The molecule has 0 aromatic rings. The average molecular weight is 204 g/mol. The Labute approximate surface area is 83.8 Å². The highest BCUT2D eigenvalue weighted by atomic mass is 19.3. The summed E-state index contributed by atoms with van der Waals surface area (Å²) < 4.78 is 27.2. The highest BCUT2D eigenvalue weighted by Crippen LogP contribution is 2.38. The Morgan fingerprint density at radius 3 is 2.36 bits per heavy atom. The minimum Gasteiger partial charge on any atom is -0.383 e. The van der Waals surface area contributed by atoms with Gasteiger partial charge in [0.05, 0.1) is 0 Å². The van der Waals surface area contributed by atoms with Crippen LogP contribution < -0.4 is 0 Å². The first-order valence-electron chi connectivity index (χ1n) is 5.27. The van der Waals surface area contributed by atoms with E-state index in [0.29, 0.717) is 12.8 Å². The van der Waals surface area contributed by atoms with Crippen LogP contribution in [0.3, 0.4) is 0 Å². The van der Waals surface area contributed by atoms with E-state index >= 15 is 0 Å². The van der Waals surface area contributed by atoms with E-state index < -0.39 is 17.9 Å². The molecule has 1 nitrogen and oxygen atoms in total. The van der Waals surface area contributed by atoms with Gasteiger partial charge >= 0.3 is 0 Å². The van der Waals surface area contributed by atoms with E-state index in [2.05, 4.69) is 0 Å². The second-order valence-electron chi connectivity index (χ2n) is 3.98. The van der Waals surface area contributed by atoms with Crippen molar-refractivity contribution in [2.45, 2.75) is 51.1 Å². The van der Waals surface area contributed by atoms with Crippen molar-refractivity contribution in [3.8, 4) is 0 Å². The molecule has 0 unspecified atom stereocenters. The molecule has 1 aliphatic carbocycles. The van der Waals surface area contributed by atoms with E-state index in [9.17, 15) is 13.9 Å². The lowest BCUT2D eigenvalue weighted by molar-refractivity contribution is -0.137. The lowest BCUT2D eigenvalue weighted by Gasteiger charge is -2.32. The lowest BCUT2D eigenvalue weighted by Crippen LogP contribution is -2.40. The summed E-state index contributed by atoms with van der Waals surface area (Å²) in [5, 5.41) is 9.29. The molecule has 82 valence electrons. The normalized spacial score (nSPS) is 22.9. The topological polar surface area (TPSA) is 20.2 Å². The van der Waals surface area contributed by atoms with Crippen LogP contribution >= 0.6 is 0 Å². The van der Waals surface area contributed by atoms with Gasteiger partial charge in [0.1, 0.15) is 6.10 Å². The van der Waals surface area contributed by atoms with Gasteiger partial charge in [-0.2, -0.15) is 0 Å². The fraction of sp³-hybridized carbons (Fsp3) is 0.818. The van der Waals surface area contributed by atoms with Gasteiger partial charge in [0.15, 0.2) is 0 Å². The highest BCUT2D eigenvalue weighted by Gasteiger charge is 2.44. The zero-order valence-corrected chi connectivity index (χ0v) is 8.55. The van der Waals surface area contributed by atoms with E-state index in [1.54, 1.807) is 6.92 Å². The van der Waals surface area contributed by atoms with Crippen LogP contribution in [-0.2, 0) is 0 Å². The Morgan fingerprint density at radius 2 is 1.86 bits per heavy atom. The number of hydrogen-bond acceptors (Lipinski definition) is 1. The van der Waals surface area contributed by atoms with Gasteiger partial charge in [0, 0.05) is 5.92 Å². The van der Waals surface area contributed by atoms with E-state index in [4.69, 9.17) is 0 Å². The zero-order chi connectivity index (χ0) is 10.6. The fourth-order valence-electron chi connectivity index (χ4n) is 2.04. The Bertz CT molecular complexity index is 195. The van der Waals surface area contributed by atoms with Crippen molar-refractivity contribution in [2.75, 3.05) is 0 Å². The minimum absolute atomic E-state index is 0.543. The molecule has 0 aliphatic heterocycles. The van der Waals surface area contributed by atoms with Gasteiger partial charge in [-0.3, -0.25) is 0 Å².